The Bertz CT molecular complexity index is 841. The van der Waals surface area contributed by atoms with Gasteiger partial charge in [-0.05, 0) is 66.6 Å². The van der Waals surface area contributed by atoms with Gasteiger partial charge >= 0.3 is 0 Å². The lowest BCUT2D eigenvalue weighted by Gasteiger charge is -2.35. The average molecular weight is 415 g/mol. The lowest BCUT2D eigenvalue weighted by atomic mass is 9.89. The molecule has 0 aromatic heterocycles. The Morgan fingerprint density at radius 3 is 2.17 bits per heavy atom. The van der Waals surface area contributed by atoms with Gasteiger partial charge in [-0.1, -0.05) is 37.6 Å². The van der Waals surface area contributed by atoms with Crippen LogP contribution in [0.25, 0.3) is 0 Å². The maximum atomic E-state index is 13.1. The lowest BCUT2D eigenvalue weighted by molar-refractivity contribution is -0.135. The van der Waals surface area contributed by atoms with Crippen molar-refractivity contribution in [3.63, 3.8) is 0 Å². The van der Waals surface area contributed by atoms with E-state index in [1.165, 1.54) is 5.56 Å². The van der Waals surface area contributed by atoms with Crippen LogP contribution in [0.15, 0.2) is 48.5 Å². The predicted molar refractivity (Wildman–Crippen MR) is 114 cm³/mol. The molecule has 2 aromatic carbocycles. The fraction of sp³-hybridized carbons (Fsp3) is 0.391. The molecule has 2 amide bonds. The van der Waals surface area contributed by atoms with E-state index in [2.05, 4.69) is 5.32 Å². The topological polar surface area (TPSA) is 69.6 Å². The molecule has 5 nitrogen and oxygen atoms in total. The second kappa shape index (κ2) is 9.31. The Hall–Kier alpha value is -2.53. The Morgan fingerprint density at radius 1 is 1.03 bits per heavy atom. The van der Waals surface area contributed by atoms with Gasteiger partial charge in [-0.2, -0.15) is 0 Å². The number of amides is 2. The number of carbonyl (C=O) groups excluding carboxylic acids is 2. The summed E-state index contributed by atoms with van der Waals surface area (Å²) >= 11 is 5.88. The summed E-state index contributed by atoms with van der Waals surface area (Å²) in [6, 6.07) is 13.4. The number of likely N-dealkylation sites (tertiary alicyclic amines) is 1. The molecule has 0 saturated carbocycles. The first-order chi connectivity index (χ1) is 13.8. The quantitative estimate of drug-likeness (QED) is 0.770. The van der Waals surface area contributed by atoms with E-state index in [-0.39, 0.29) is 23.5 Å². The van der Waals surface area contributed by atoms with Crippen LogP contribution in [0.5, 0.6) is 5.75 Å². The molecule has 0 radical (unpaired) electrons. The minimum Gasteiger partial charge on any atom is -0.508 e. The predicted octanol–water partition coefficient (Wildman–Crippen LogP) is 4.21. The number of hydrogen-bond donors (Lipinski definition) is 2. The molecule has 6 heteroatoms. The minimum absolute atomic E-state index is 0.0198. The zero-order chi connectivity index (χ0) is 21.0. The van der Waals surface area contributed by atoms with Crippen LogP contribution in [0.3, 0.4) is 0 Å². The van der Waals surface area contributed by atoms with Crippen molar-refractivity contribution in [2.75, 3.05) is 13.1 Å². The van der Waals surface area contributed by atoms with E-state index >= 15 is 0 Å². The molecule has 1 unspecified atom stereocenters. The third-order valence-corrected chi connectivity index (χ3v) is 5.75. The summed E-state index contributed by atoms with van der Waals surface area (Å²) in [5, 5.41) is 12.9. The molecule has 154 valence electrons. The maximum absolute atomic E-state index is 13.1. The van der Waals surface area contributed by atoms with Crippen LogP contribution in [0, 0.1) is 5.92 Å². The number of carbonyl (C=O) groups is 2. The fourth-order valence-electron chi connectivity index (χ4n) is 3.72. The fourth-order valence-corrected chi connectivity index (χ4v) is 3.84. The highest BCUT2D eigenvalue weighted by Gasteiger charge is 2.31. The van der Waals surface area contributed by atoms with Crippen molar-refractivity contribution in [2.45, 2.75) is 38.6 Å². The van der Waals surface area contributed by atoms with E-state index in [9.17, 15) is 14.7 Å². The molecule has 2 N–H and O–H groups in total. The average Bonchev–Trinajstić information content (AvgIpc) is 2.72. The first kappa shape index (κ1) is 21.2. The second-order valence-electron chi connectivity index (χ2n) is 7.89. The summed E-state index contributed by atoms with van der Waals surface area (Å²) in [6.07, 6.45) is 1.74. The van der Waals surface area contributed by atoms with Crippen molar-refractivity contribution in [1.82, 2.24) is 10.2 Å². The number of benzene rings is 2. The Morgan fingerprint density at radius 2 is 1.62 bits per heavy atom. The van der Waals surface area contributed by atoms with Gasteiger partial charge in [0.15, 0.2) is 0 Å². The van der Waals surface area contributed by atoms with Crippen LogP contribution in [0.2, 0.25) is 5.02 Å². The molecule has 0 spiro atoms. The largest absolute Gasteiger partial charge is 0.508 e. The first-order valence-electron chi connectivity index (χ1n) is 9.99. The molecule has 1 atom stereocenters. The molecule has 1 heterocycles. The van der Waals surface area contributed by atoms with E-state index in [1.54, 1.807) is 36.4 Å². The normalized spacial score (nSPS) is 15.9. The number of phenols is 1. The number of halogens is 1. The van der Waals surface area contributed by atoms with Crippen LogP contribution in [-0.2, 0) is 4.79 Å². The summed E-state index contributed by atoms with van der Waals surface area (Å²) in [5.74, 6) is 0.311. The Balaban J connectivity index is 1.61. The van der Waals surface area contributed by atoms with Crippen LogP contribution in [0.1, 0.15) is 48.5 Å². The van der Waals surface area contributed by atoms with Gasteiger partial charge in [0.05, 0.1) is 0 Å². The molecular weight excluding hydrogens is 388 g/mol. The third-order valence-electron chi connectivity index (χ3n) is 5.50. The number of phenolic OH excluding ortho intramolecular Hbond substituents is 1. The highest BCUT2D eigenvalue weighted by molar-refractivity contribution is 6.30. The highest BCUT2D eigenvalue weighted by atomic mass is 35.5. The molecule has 1 aliphatic rings. The Kier molecular flexibility index (Phi) is 6.80. The Labute approximate surface area is 176 Å². The van der Waals surface area contributed by atoms with E-state index < -0.39 is 6.04 Å². The summed E-state index contributed by atoms with van der Waals surface area (Å²) in [5.41, 5.74) is 1.67. The van der Waals surface area contributed by atoms with Gasteiger partial charge < -0.3 is 15.3 Å². The van der Waals surface area contributed by atoms with Crippen LogP contribution >= 0.6 is 11.6 Å². The number of nitrogens with one attached hydrogen (secondary N) is 1. The number of nitrogens with zero attached hydrogens (tertiary/aromatic N) is 1. The van der Waals surface area contributed by atoms with Crippen LogP contribution < -0.4 is 5.32 Å². The molecule has 0 aliphatic carbocycles. The van der Waals surface area contributed by atoms with Crippen LogP contribution in [0.4, 0.5) is 0 Å². The molecule has 0 bridgehead atoms. The zero-order valence-electron chi connectivity index (χ0n) is 16.8. The summed E-state index contributed by atoms with van der Waals surface area (Å²) in [7, 11) is 0. The molecule has 1 aliphatic heterocycles. The van der Waals surface area contributed by atoms with Crippen molar-refractivity contribution in [2.24, 2.45) is 5.92 Å². The second-order valence-corrected chi connectivity index (χ2v) is 8.33. The van der Waals surface area contributed by atoms with Crippen LogP contribution in [-0.4, -0.2) is 41.0 Å². The zero-order valence-corrected chi connectivity index (χ0v) is 17.5. The third kappa shape index (κ3) is 5.30. The monoisotopic (exact) mass is 414 g/mol. The van der Waals surface area contributed by atoms with Gasteiger partial charge in [0.25, 0.3) is 5.91 Å². The first-order valence-corrected chi connectivity index (χ1v) is 10.4. The summed E-state index contributed by atoms with van der Waals surface area (Å²) in [6.45, 7) is 5.19. The molecule has 3 rings (SSSR count). The molecular formula is C23H27ClN2O3. The van der Waals surface area contributed by atoms with Gasteiger partial charge in [-0.3, -0.25) is 9.59 Å². The van der Waals surface area contributed by atoms with Crippen molar-refractivity contribution < 1.29 is 14.7 Å². The maximum Gasteiger partial charge on any atom is 0.251 e. The van der Waals surface area contributed by atoms with Crippen molar-refractivity contribution in [3.8, 4) is 5.75 Å². The number of hydrogen-bond acceptors (Lipinski definition) is 3. The SMILES string of the molecule is CC(C)C(NC(=O)c1ccc(Cl)cc1)C(=O)N1CCC(c2ccc(O)cc2)CC1. The number of rotatable bonds is 5. The summed E-state index contributed by atoms with van der Waals surface area (Å²) in [4.78, 5) is 27.5. The highest BCUT2D eigenvalue weighted by Crippen LogP contribution is 2.29. The van der Waals surface area contributed by atoms with Gasteiger partial charge in [-0.15, -0.1) is 0 Å². The van der Waals surface area contributed by atoms with Crippen molar-refractivity contribution >= 4 is 23.4 Å². The lowest BCUT2D eigenvalue weighted by Crippen LogP contribution is -2.52. The molecule has 1 saturated heterocycles. The van der Waals surface area contributed by atoms with Gasteiger partial charge in [-0.25, -0.2) is 0 Å². The molecule has 29 heavy (non-hydrogen) atoms. The van der Waals surface area contributed by atoms with E-state index in [4.69, 9.17) is 11.6 Å². The minimum atomic E-state index is -0.566. The summed E-state index contributed by atoms with van der Waals surface area (Å²) < 4.78 is 0. The van der Waals surface area contributed by atoms with Crippen molar-refractivity contribution in [3.05, 3.63) is 64.7 Å². The number of aromatic hydroxyl groups is 1. The van der Waals surface area contributed by atoms with Gasteiger partial charge in [0, 0.05) is 23.7 Å². The van der Waals surface area contributed by atoms with E-state index in [0.29, 0.717) is 29.6 Å². The van der Waals surface area contributed by atoms with E-state index in [0.717, 1.165) is 12.8 Å². The molecule has 1 fully saturated rings. The molecule has 2 aromatic rings. The smallest absolute Gasteiger partial charge is 0.251 e. The van der Waals surface area contributed by atoms with Crippen molar-refractivity contribution in [1.29, 1.82) is 0 Å². The number of piperidine rings is 1. The van der Waals surface area contributed by atoms with Gasteiger partial charge in [0.1, 0.15) is 11.8 Å². The standard InChI is InChI=1S/C23H27ClN2O3/c1-15(2)21(25-22(28)18-3-7-19(24)8-4-18)23(29)26-13-11-17(12-14-26)16-5-9-20(27)10-6-16/h3-10,15,17,21,27H,11-14H2,1-2H3,(H,25,28). The van der Waals surface area contributed by atoms with E-state index in [1.807, 2.05) is 30.9 Å². The van der Waals surface area contributed by atoms with Gasteiger partial charge in [0.2, 0.25) is 5.91 Å².